The molecule has 4 heteroatoms. The van der Waals surface area contributed by atoms with Crippen molar-refractivity contribution in [2.24, 2.45) is 0 Å². The summed E-state index contributed by atoms with van der Waals surface area (Å²) in [7, 11) is 1.69. The van der Waals surface area contributed by atoms with Crippen molar-refractivity contribution in [3.8, 4) is 0 Å². The van der Waals surface area contributed by atoms with Crippen molar-refractivity contribution >= 4 is 11.6 Å². The second-order valence-electron chi connectivity index (χ2n) is 5.84. The molecule has 4 nitrogen and oxygen atoms in total. The molecule has 0 fully saturated rings. The molecule has 1 aromatic rings. The van der Waals surface area contributed by atoms with Crippen LogP contribution in [0.1, 0.15) is 39.2 Å². The molecule has 0 aliphatic carbocycles. The van der Waals surface area contributed by atoms with E-state index in [1.54, 1.807) is 7.11 Å². The summed E-state index contributed by atoms with van der Waals surface area (Å²) < 4.78 is 5.37. The highest BCUT2D eigenvalue weighted by atomic mass is 16.5. The number of amides is 1. The Kier molecular flexibility index (Phi) is 6.02. The number of rotatable bonds is 7. The van der Waals surface area contributed by atoms with Gasteiger partial charge in [-0.25, -0.2) is 0 Å². The van der Waals surface area contributed by atoms with Crippen LogP contribution in [0.5, 0.6) is 0 Å². The first kappa shape index (κ1) is 16.5. The van der Waals surface area contributed by atoms with Gasteiger partial charge in [-0.2, -0.15) is 0 Å². The summed E-state index contributed by atoms with van der Waals surface area (Å²) in [5, 5.41) is 3.00. The first-order valence-electron chi connectivity index (χ1n) is 7.02. The molecule has 0 saturated carbocycles. The summed E-state index contributed by atoms with van der Waals surface area (Å²) in [4.78, 5) is 11.9. The molecule has 1 aromatic carbocycles. The van der Waals surface area contributed by atoms with Gasteiger partial charge >= 0.3 is 0 Å². The molecule has 1 amide bonds. The van der Waals surface area contributed by atoms with Crippen LogP contribution in [0.25, 0.3) is 0 Å². The van der Waals surface area contributed by atoms with Gasteiger partial charge in [0.15, 0.2) is 0 Å². The zero-order valence-corrected chi connectivity index (χ0v) is 12.9. The average molecular weight is 278 g/mol. The van der Waals surface area contributed by atoms with Crippen molar-refractivity contribution in [3.63, 3.8) is 0 Å². The van der Waals surface area contributed by atoms with Gasteiger partial charge in [-0.05, 0) is 45.2 Å². The molecule has 1 rings (SSSR count). The maximum absolute atomic E-state index is 11.9. The van der Waals surface area contributed by atoms with Crippen LogP contribution >= 0.6 is 0 Å². The number of hydrogen-bond donors (Lipinski definition) is 2. The lowest BCUT2D eigenvalue weighted by atomic mass is 9.99. The normalized spacial score (nSPS) is 13.0. The number of nitrogen functional groups attached to an aromatic ring is 1. The van der Waals surface area contributed by atoms with Gasteiger partial charge in [0.2, 0.25) is 5.91 Å². The van der Waals surface area contributed by atoms with Crippen molar-refractivity contribution in [1.29, 1.82) is 0 Å². The fourth-order valence-electron chi connectivity index (χ4n) is 2.23. The molecule has 0 aliphatic heterocycles. The van der Waals surface area contributed by atoms with E-state index in [1.807, 2.05) is 45.0 Å². The standard InChI is InChI=1S/C16H26N2O2/c1-12(11-16(2,3)20-4)18-15(19)10-9-13-7-5-6-8-14(13)17/h5-8,12H,9-11,17H2,1-4H3,(H,18,19). The molecule has 0 radical (unpaired) electrons. The van der Waals surface area contributed by atoms with E-state index < -0.39 is 0 Å². The van der Waals surface area contributed by atoms with Crippen LogP contribution in [0, 0.1) is 0 Å². The van der Waals surface area contributed by atoms with Gasteiger partial charge in [-0.1, -0.05) is 18.2 Å². The minimum Gasteiger partial charge on any atom is -0.399 e. The number of hydrogen-bond acceptors (Lipinski definition) is 3. The Bertz CT molecular complexity index is 444. The van der Waals surface area contributed by atoms with E-state index in [4.69, 9.17) is 10.5 Å². The Morgan fingerprint density at radius 3 is 2.65 bits per heavy atom. The maximum atomic E-state index is 11.9. The highest BCUT2D eigenvalue weighted by Gasteiger charge is 2.21. The van der Waals surface area contributed by atoms with Gasteiger partial charge in [0.1, 0.15) is 0 Å². The molecule has 0 aromatic heterocycles. The first-order valence-corrected chi connectivity index (χ1v) is 7.02. The van der Waals surface area contributed by atoms with E-state index in [0.717, 1.165) is 17.7 Å². The second-order valence-corrected chi connectivity index (χ2v) is 5.84. The summed E-state index contributed by atoms with van der Waals surface area (Å²) in [5.74, 6) is 0.0488. The SMILES string of the molecule is COC(C)(C)CC(C)NC(=O)CCc1ccccc1N. The Labute approximate surface area is 121 Å². The zero-order chi connectivity index (χ0) is 15.2. The largest absolute Gasteiger partial charge is 0.399 e. The minimum absolute atomic E-state index is 0.0488. The van der Waals surface area contributed by atoms with Gasteiger partial charge in [0, 0.05) is 25.3 Å². The molecule has 1 atom stereocenters. The number of benzene rings is 1. The topological polar surface area (TPSA) is 64.3 Å². The molecular formula is C16H26N2O2. The van der Waals surface area contributed by atoms with E-state index in [0.29, 0.717) is 12.8 Å². The average Bonchev–Trinajstić information content (AvgIpc) is 2.37. The Morgan fingerprint density at radius 2 is 2.05 bits per heavy atom. The van der Waals surface area contributed by atoms with Crippen molar-refractivity contribution in [1.82, 2.24) is 5.32 Å². The fourth-order valence-corrected chi connectivity index (χ4v) is 2.23. The van der Waals surface area contributed by atoms with E-state index in [1.165, 1.54) is 0 Å². The van der Waals surface area contributed by atoms with Gasteiger partial charge in [-0.15, -0.1) is 0 Å². The smallest absolute Gasteiger partial charge is 0.220 e. The van der Waals surface area contributed by atoms with E-state index in [2.05, 4.69) is 5.32 Å². The Morgan fingerprint density at radius 1 is 1.40 bits per heavy atom. The summed E-state index contributed by atoms with van der Waals surface area (Å²) in [6, 6.07) is 7.74. The highest BCUT2D eigenvalue weighted by molar-refractivity contribution is 5.76. The van der Waals surface area contributed by atoms with Crippen LogP contribution in [0.15, 0.2) is 24.3 Å². The molecule has 3 N–H and O–H groups in total. The molecule has 0 heterocycles. The number of para-hydroxylation sites is 1. The number of ether oxygens (including phenoxy) is 1. The number of methoxy groups -OCH3 is 1. The Hall–Kier alpha value is -1.55. The molecule has 20 heavy (non-hydrogen) atoms. The van der Waals surface area contributed by atoms with Crippen molar-refractivity contribution in [3.05, 3.63) is 29.8 Å². The number of carbonyl (C=O) groups is 1. The third kappa shape index (κ3) is 5.61. The first-order chi connectivity index (χ1) is 9.34. The lowest BCUT2D eigenvalue weighted by Gasteiger charge is -2.27. The zero-order valence-electron chi connectivity index (χ0n) is 12.9. The van der Waals surface area contributed by atoms with Crippen molar-refractivity contribution in [2.75, 3.05) is 12.8 Å². The summed E-state index contributed by atoms with van der Waals surface area (Å²) in [6.45, 7) is 6.02. The number of carbonyl (C=O) groups excluding carboxylic acids is 1. The monoisotopic (exact) mass is 278 g/mol. The van der Waals surface area contributed by atoms with Crippen LogP contribution in [0.4, 0.5) is 5.69 Å². The van der Waals surface area contributed by atoms with Crippen LogP contribution in [0.3, 0.4) is 0 Å². The third-order valence-corrected chi connectivity index (χ3v) is 3.43. The maximum Gasteiger partial charge on any atom is 0.220 e. The third-order valence-electron chi connectivity index (χ3n) is 3.43. The molecule has 0 spiro atoms. The number of anilines is 1. The van der Waals surface area contributed by atoms with Crippen molar-refractivity contribution in [2.45, 2.75) is 51.7 Å². The summed E-state index contributed by atoms with van der Waals surface area (Å²) in [5.41, 5.74) is 7.40. The summed E-state index contributed by atoms with van der Waals surface area (Å²) >= 11 is 0. The van der Waals surface area contributed by atoms with Gasteiger partial charge in [0.25, 0.3) is 0 Å². The quantitative estimate of drug-likeness (QED) is 0.753. The van der Waals surface area contributed by atoms with E-state index in [9.17, 15) is 4.79 Å². The molecule has 0 saturated heterocycles. The van der Waals surface area contributed by atoms with Crippen LogP contribution in [0.2, 0.25) is 0 Å². The lowest BCUT2D eigenvalue weighted by molar-refractivity contribution is -0.122. The number of aryl methyl sites for hydroxylation is 1. The fraction of sp³-hybridized carbons (Fsp3) is 0.562. The minimum atomic E-state index is -0.226. The lowest BCUT2D eigenvalue weighted by Crippen LogP contribution is -2.39. The van der Waals surface area contributed by atoms with E-state index in [-0.39, 0.29) is 17.6 Å². The predicted octanol–water partition coefficient (Wildman–Crippen LogP) is 2.52. The predicted molar refractivity (Wildman–Crippen MR) is 82.5 cm³/mol. The molecule has 0 bridgehead atoms. The van der Waals surface area contributed by atoms with Crippen LogP contribution in [-0.2, 0) is 16.0 Å². The Balaban J connectivity index is 2.39. The van der Waals surface area contributed by atoms with E-state index >= 15 is 0 Å². The molecular weight excluding hydrogens is 252 g/mol. The number of nitrogens with one attached hydrogen (secondary N) is 1. The number of nitrogens with two attached hydrogens (primary N) is 1. The molecule has 112 valence electrons. The van der Waals surface area contributed by atoms with Crippen LogP contribution < -0.4 is 11.1 Å². The van der Waals surface area contributed by atoms with Gasteiger partial charge in [0.05, 0.1) is 5.60 Å². The van der Waals surface area contributed by atoms with Crippen molar-refractivity contribution < 1.29 is 9.53 Å². The van der Waals surface area contributed by atoms with Crippen LogP contribution in [-0.4, -0.2) is 24.7 Å². The molecule has 1 unspecified atom stereocenters. The highest BCUT2D eigenvalue weighted by Crippen LogP contribution is 2.16. The molecule has 0 aliphatic rings. The summed E-state index contributed by atoms with van der Waals surface area (Å²) in [6.07, 6.45) is 1.90. The second kappa shape index (κ2) is 7.29. The van der Waals surface area contributed by atoms with Gasteiger partial charge in [-0.3, -0.25) is 4.79 Å². The van der Waals surface area contributed by atoms with Gasteiger partial charge < -0.3 is 15.8 Å².